The van der Waals surface area contributed by atoms with Gasteiger partial charge < -0.3 is 27.9 Å². The van der Waals surface area contributed by atoms with Crippen LogP contribution in [0.4, 0.5) is 0 Å². The molecule has 0 heterocycles. The van der Waals surface area contributed by atoms with Crippen LogP contribution in [0.15, 0.2) is 122 Å². The summed E-state index contributed by atoms with van der Waals surface area (Å²) in [6, 6.07) is 0. The summed E-state index contributed by atoms with van der Waals surface area (Å²) in [5.74, 6) is -1.04. The molecule has 0 N–H and O–H groups in total. The molecule has 326 valence electrons. The molecule has 0 saturated carbocycles. The van der Waals surface area contributed by atoms with E-state index in [2.05, 4.69) is 117 Å². The number of quaternary nitrogens is 1. The summed E-state index contributed by atoms with van der Waals surface area (Å²) in [5, 5.41) is 0. The fraction of sp³-hybridized carbons (Fsp3) is 0.542. The monoisotopic (exact) mass is 826 g/mol. The van der Waals surface area contributed by atoms with Crippen molar-refractivity contribution < 1.29 is 42.1 Å². The first-order valence-electron chi connectivity index (χ1n) is 21.2. The summed E-state index contributed by atoms with van der Waals surface area (Å²) < 4.78 is 33.7. The summed E-state index contributed by atoms with van der Waals surface area (Å²) >= 11 is 0. The van der Waals surface area contributed by atoms with Crippen LogP contribution in [-0.2, 0) is 32.7 Å². The van der Waals surface area contributed by atoms with Gasteiger partial charge in [0.05, 0.1) is 34.2 Å². The number of hydrogen-bond donors (Lipinski definition) is 0. The van der Waals surface area contributed by atoms with Crippen molar-refractivity contribution in [3.8, 4) is 0 Å². The molecule has 0 aliphatic rings. The van der Waals surface area contributed by atoms with Gasteiger partial charge in [0.1, 0.15) is 19.8 Å². The number of phosphoric ester groups is 1. The van der Waals surface area contributed by atoms with Crippen LogP contribution < -0.4 is 4.89 Å². The lowest BCUT2D eigenvalue weighted by atomic mass is 10.1. The average Bonchev–Trinajstić information content (AvgIpc) is 3.17. The van der Waals surface area contributed by atoms with E-state index in [0.29, 0.717) is 23.9 Å². The number of phosphoric acid groups is 1. The van der Waals surface area contributed by atoms with Crippen LogP contribution in [0.1, 0.15) is 117 Å². The zero-order valence-corrected chi connectivity index (χ0v) is 37.3. The highest BCUT2D eigenvalue weighted by Crippen LogP contribution is 2.38. The maximum atomic E-state index is 12.7. The molecule has 0 spiro atoms. The van der Waals surface area contributed by atoms with E-state index in [4.69, 9.17) is 18.5 Å². The van der Waals surface area contributed by atoms with E-state index in [1.807, 2.05) is 33.3 Å². The predicted octanol–water partition coefficient (Wildman–Crippen LogP) is 11.5. The van der Waals surface area contributed by atoms with Gasteiger partial charge in [-0.25, -0.2) is 0 Å². The molecule has 0 saturated heterocycles. The Morgan fingerprint density at radius 1 is 0.552 bits per heavy atom. The molecule has 0 aromatic rings. The molecular formula is C48H76NO8P. The SMILES string of the molecule is CC/C=C\C/C=C\C/C=C\C/C=C\C/C=C\CCCCCC(=O)OC(COC(=O)C/C=C\C/C=C\C/C=C\C/C=C\C/C=C\CC)COP(=O)([O-])OCC[N+](C)(C)C. The molecule has 0 aromatic heterocycles. The first-order valence-corrected chi connectivity index (χ1v) is 22.7. The lowest BCUT2D eigenvalue weighted by Crippen LogP contribution is -2.37. The first kappa shape index (κ1) is 54.4. The maximum Gasteiger partial charge on any atom is 0.309 e. The van der Waals surface area contributed by atoms with Crippen LogP contribution in [0, 0.1) is 0 Å². The fourth-order valence-corrected chi connectivity index (χ4v) is 5.48. The number of carbonyl (C=O) groups excluding carboxylic acids is 2. The number of nitrogens with zero attached hydrogens (tertiary/aromatic N) is 1. The minimum Gasteiger partial charge on any atom is -0.756 e. The van der Waals surface area contributed by atoms with Crippen molar-refractivity contribution >= 4 is 19.8 Å². The Kier molecular flexibility index (Phi) is 36.5. The molecule has 2 atom stereocenters. The third kappa shape index (κ3) is 42.0. The minimum absolute atomic E-state index is 0.0289. The van der Waals surface area contributed by atoms with Crippen molar-refractivity contribution in [2.75, 3.05) is 47.5 Å². The van der Waals surface area contributed by atoms with Gasteiger partial charge in [0.25, 0.3) is 7.82 Å². The van der Waals surface area contributed by atoms with Gasteiger partial charge in [0.15, 0.2) is 6.10 Å². The number of carbonyl (C=O) groups is 2. The zero-order valence-electron chi connectivity index (χ0n) is 36.4. The number of ether oxygens (including phenoxy) is 2. The summed E-state index contributed by atoms with van der Waals surface area (Å²) in [6.45, 7) is 3.80. The molecule has 2 unspecified atom stereocenters. The lowest BCUT2D eigenvalue weighted by Gasteiger charge is -2.28. The topological polar surface area (TPSA) is 111 Å². The van der Waals surface area contributed by atoms with Gasteiger partial charge in [-0.2, -0.15) is 0 Å². The van der Waals surface area contributed by atoms with Gasteiger partial charge in [-0.05, 0) is 83.5 Å². The van der Waals surface area contributed by atoms with Crippen molar-refractivity contribution in [2.24, 2.45) is 0 Å². The Hall–Kier alpha value is -3.59. The minimum atomic E-state index is -4.66. The Bertz CT molecular complexity index is 1390. The maximum absolute atomic E-state index is 12.7. The van der Waals surface area contributed by atoms with Gasteiger partial charge in [-0.3, -0.25) is 14.2 Å². The van der Waals surface area contributed by atoms with Gasteiger partial charge in [-0.1, -0.05) is 142 Å². The highest BCUT2D eigenvalue weighted by molar-refractivity contribution is 7.45. The Morgan fingerprint density at radius 2 is 0.983 bits per heavy atom. The van der Waals surface area contributed by atoms with Gasteiger partial charge >= 0.3 is 11.9 Å². The Labute approximate surface area is 352 Å². The zero-order chi connectivity index (χ0) is 42.8. The standard InChI is InChI=1S/C48H76NO8P/c1-6-8-10-12-14-16-18-20-22-23-24-25-27-29-31-33-35-37-39-41-48(51)57-46(45-56-58(52,53)55-43-42-49(3,4)5)44-54-47(50)40-38-36-34-32-30-28-26-21-19-17-15-13-11-9-7-2/h8-11,14-17,20-22,24-26,29-32,36,38,46H,6-7,12-13,18-19,23,27-28,33-35,37,39-45H2,1-5H3/b10-8-,11-9-,16-14-,17-15-,22-20-,25-24-,26-21-,31-29-,32-30-,38-36-. The number of rotatable bonds is 36. The average molecular weight is 826 g/mol. The van der Waals surface area contributed by atoms with Crippen LogP contribution in [0.5, 0.6) is 0 Å². The summed E-state index contributed by atoms with van der Waals surface area (Å²) in [5.41, 5.74) is 0. The van der Waals surface area contributed by atoms with Gasteiger partial charge in [0.2, 0.25) is 0 Å². The molecular weight excluding hydrogens is 750 g/mol. The number of esters is 2. The molecule has 10 heteroatoms. The molecule has 0 fully saturated rings. The van der Waals surface area contributed by atoms with Crippen LogP contribution in [0.3, 0.4) is 0 Å². The third-order valence-electron chi connectivity index (χ3n) is 8.01. The summed E-state index contributed by atoms with van der Waals surface area (Å²) in [7, 11) is 1.07. The van der Waals surface area contributed by atoms with Crippen molar-refractivity contribution in [1.82, 2.24) is 0 Å². The number of hydrogen-bond acceptors (Lipinski definition) is 8. The van der Waals surface area contributed by atoms with Crippen LogP contribution in [0.2, 0.25) is 0 Å². The highest BCUT2D eigenvalue weighted by atomic mass is 31.2. The Balaban J connectivity index is 4.60. The number of unbranched alkanes of at least 4 members (excludes halogenated alkanes) is 3. The second kappa shape index (κ2) is 38.9. The van der Waals surface area contributed by atoms with Crippen molar-refractivity contribution in [3.63, 3.8) is 0 Å². The van der Waals surface area contributed by atoms with E-state index in [9.17, 15) is 19.0 Å². The first-order chi connectivity index (χ1) is 28.0. The van der Waals surface area contributed by atoms with Crippen LogP contribution in [-0.4, -0.2) is 70.0 Å². The van der Waals surface area contributed by atoms with E-state index in [0.717, 1.165) is 77.0 Å². The second-order valence-corrected chi connectivity index (χ2v) is 16.0. The van der Waals surface area contributed by atoms with Gasteiger partial charge in [-0.15, -0.1) is 0 Å². The Morgan fingerprint density at radius 3 is 1.43 bits per heavy atom. The number of allylic oxidation sites excluding steroid dienone is 19. The highest BCUT2D eigenvalue weighted by Gasteiger charge is 2.21. The number of likely N-dealkylation sites (N-methyl/N-ethyl adjacent to an activating group) is 1. The quantitative estimate of drug-likeness (QED) is 0.0202. The molecule has 9 nitrogen and oxygen atoms in total. The molecule has 0 aliphatic carbocycles. The molecule has 0 radical (unpaired) electrons. The van der Waals surface area contributed by atoms with E-state index in [1.54, 1.807) is 6.08 Å². The second-order valence-electron chi connectivity index (χ2n) is 14.6. The van der Waals surface area contributed by atoms with Crippen molar-refractivity contribution in [3.05, 3.63) is 122 Å². The molecule has 0 bridgehead atoms. The van der Waals surface area contributed by atoms with E-state index < -0.39 is 32.5 Å². The largest absolute Gasteiger partial charge is 0.756 e. The molecule has 0 amide bonds. The van der Waals surface area contributed by atoms with Crippen LogP contribution >= 0.6 is 7.82 Å². The molecule has 0 aromatic carbocycles. The van der Waals surface area contributed by atoms with E-state index >= 15 is 0 Å². The predicted molar refractivity (Wildman–Crippen MR) is 240 cm³/mol. The molecule has 0 aliphatic heterocycles. The smallest absolute Gasteiger partial charge is 0.309 e. The van der Waals surface area contributed by atoms with Crippen molar-refractivity contribution in [1.29, 1.82) is 0 Å². The van der Waals surface area contributed by atoms with Crippen LogP contribution in [0.25, 0.3) is 0 Å². The van der Waals surface area contributed by atoms with Crippen molar-refractivity contribution in [2.45, 2.75) is 123 Å². The normalized spacial score (nSPS) is 14.8. The summed E-state index contributed by atoms with van der Waals surface area (Å²) in [6.07, 6.45) is 54.0. The lowest BCUT2D eigenvalue weighted by molar-refractivity contribution is -0.870. The van der Waals surface area contributed by atoms with Gasteiger partial charge in [0, 0.05) is 6.42 Å². The van der Waals surface area contributed by atoms with E-state index in [-0.39, 0.29) is 26.1 Å². The summed E-state index contributed by atoms with van der Waals surface area (Å²) in [4.78, 5) is 37.4. The van der Waals surface area contributed by atoms with E-state index in [1.165, 1.54) is 0 Å². The molecule has 58 heavy (non-hydrogen) atoms. The third-order valence-corrected chi connectivity index (χ3v) is 8.97. The molecule has 0 rings (SSSR count). The fourth-order valence-electron chi connectivity index (χ4n) is 4.75.